The van der Waals surface area contributed by atoms with Gasteiger partial charge in [0.2, 0.25) is 5.91 Å². The zero-order chi connectivity index (χ0) is 27.6. The molecule has 2 aromatic rings. The molecule has 37 heavy (non-hydrogen) atoms. The first-order valence-corrected chi connectivity index (χ1v) is 11.4. The molecule has 13 heteroatoms. The number of ether oxygens (including phenoxy) is 2. The summed E-state index contributed by atoms with van der Waals surface area (Å²) in [5, 5.41) is 14.0. The van der Waals surface area contributed by atoms with Crippen LogP contribution in [0.2, 0.25) is 0 Å². The van der Waals surface area contributed by atoms with Gasteiger partial charge in [-0.3, -0.25) is 19.5 Å². The molecule has 0 atom stereocenters. The Morgan fingerprint density at radius 2 is 1.78 bits per heavy atom. The number of aromatic nitrogens is 2. The third-order valence-corrected chi connectivity index (χ3v) is 4.64. The first-order chi connectivity index (χ1) is 17.3. The van der Waals surface area contributed by atoms with E-state index < -0.39 is 48.4 Å². The van der Waals surface area contributed by atoms with Gasteiger partial charge in [-0.2, -0.15) is 4.98 Å². The van der Waals surface area contributed by atoms with Crippen LogP contribution in [-0.4, -0.2) is 68.9 Å². The molecule has 0 saturated heterocycles. The van der Waals surface area contributed by atoms with E-state index in [0.717, 1.165) is 15.0 Å². The van der Waals surface area contributed by atoms with Crippen LogP contribution in [0.4, 0.5) is 15.4 Å². The Balaban J connectivity index is 1.99. The number of benzene rings is 1. The van der Waals surface area contributed by atoms with Crippen LogP contribution in [0.5, 0.6) is 0 Å². The first kappa shape index (κ1) is 28.8. The van der Waals surface area contributed by atoms with Gasteiger partial charge in [-0.15, -0.1) is 0 Å². The number of nitrogens with zero attached hydrogens (tertiary/aromatic N) is 3. The number of anilines is 1. The van der Waals surface area contributed by atoms with Gasteiger partial charge < -0.3 is 24.8 Å². The number of hydrogen-bond acceptors (Lipinski definition) is 8. The molecule has 1 aromatic carbocycles. The minimum absolute atomic E-state index is 0.0273. The monoisotopic (exact) mass is 517 g/mol. The molecular weight excluding hydrogens is 486 g/mol. The highest BCUT2D eigenvalue weighted by atomic mass is 16.6. The number of carboxylic acid groups (broad SMARTS) is 1. The van der Waals surface area contributed by atoms with Gasteiger partial charge in [0.25, 0.3) is 0 Å². The van der Waals surface area contributed by atoms with Crippen LogP contribution in [-0.2, 0) is 32.2 Å². The molecule has 1 heterocycles. The van der Waals surface area contributed by atoms with E-state index in [-0.39, 0.29) is 25.5 Å². The Bertz CT molecular complexity index is 1170. The molecule has 0 unspecified atom stereocenters. The number of carboxylic acids is 1. The lowest BCUT2D eigenvalue weighted by atomic mass is 10.2. The van der Waals surface area contributed by atoms with E-state index >= 15 is 0 Å². The van der Waals surface area contributed by atoms with Crippen molar-refractivity contribution in [2.75, 3.05) is 25.0 Å². The molecule has 3 N–H and O–H groups in total. The molecule has 0 spiro atoms. The Hall–Kier alpha value is -4.42. The van der Waals surface area contributed by atoms with E-state index in [4.69, 9.17) is 14.6 Å². The second kappa shape index (κ2) is 13.0. The number of hydrogen-bond donors (Lipinski definition) is 3. The molecule has 0 bridgehead atoms. The van der Waals surface area contributed by atoms with Crippen molar-refractivity contribution in [3.63, 3.8) is 0 Å². The van der Waals surface area contributed by atoms with Crippen LogP contribution < -0.4 is 16.3 Å². The third-order valence-electron chi connectivity index (χ3n) is 4.64. The van der Waals surface area contributed by atoms with Gasteiger partial charge in [0.05, 0.1) is 0 Å². The lowest BCUT2D eigenvalue weighted by Gasteiger charge is -2.23. The Morgan fingerprint density at radius 3 is 2.41 bits per heavy atom. The number of amides is 3. The summed E-state index contributed by atoms with van der Waals surface area (Å²) in [6, 6.07) is 9.02. The van der Waals surface area contributed by atoms with Gasteiger partial charge in [-0.05, 0) is 33.3 Å². The number of carbonyl (C=O) groups excluding carboxylic acids is 3. The van der Waals surface area contributed by atoms with Crippen molar-refractivity contribution < 1.29 is 33.8 Å². The minimum atomic E-state index is -1.26. The largest absolute Gasteiger partial charge is 0.480 e. The van der Waals surface area contributed by atoms with Crippen LogP contribution in [0.3, 0.4) is 0 Å². The maximum Gasteiger partial charge on any atom is 0.413 e. The molecule has 13 nitrogen and oxygen atoms in total. The number of carbonyl (C=O) groups is 4. The van der Waals surface area contributed by atoms with Gasteiger partial charge >= 0.3 is 23.8 Å². The van der Waals surface area contributed by atoms with Crippen LogP contribution in [0.1, 0.15) is 31.9 Å². The van der Waals surface area contributed by atoms with E-state index in [1.165, 1.54) is 6.20 Å². The van der Waals surface area contributed by atoms with Crippen LogP contribution in [0.25, 0.3) is 0 Å². The Labute approximate surface area is 213 Å². The maximum atomic E-state index is 12.7. The zero-order valence-corrected chi connectivity index (χ0v) is 21.1. The number of nitrogens with one attached hydrogen (secondary N) is 2. The second-order valence-electron chi connectivity index (χ2n) is 9.01. The van der Waals surface area contributed by atoms with Gasteiger partial charge in [0.1, 0.15) is 31.1 Å². The van der Waals surface area contributed by atoms with E-state index in [1.807, 2.05) is 6.07 Å². The highest BCUT2D eigenvalue weighted by Gasteiger charge is 2.20. The number of rotatable bonds is 10. The van der Waals surface area contributed by atoms with Gasteiger partial charge in [0, 0.05) is 24.8 Å². The van der Waals surface area contributed by atoms with Crippen molar-refractivity contribution in [2.45, 2.75) is 46.4 Å². The Kier molecular flexibility index (Phi) is 10.2. The molecule has 0 saturated carbocycles. The predicted octanol–water partition coefficient (Wildman–Crippen LogP) is 1.74. The summed E-state index contributed by atoms with van der Waals surface area (Å²) in [6.45, 7) is 5.35. The zero-order valence-electron chi connectivity index (χ0n) is 21.1. The molecule has 0 fully saturated rings. The lowest BCUT2D eigenvalue weighted by molar-refractivity contribution is -0.144. The molecule has 0 aliphatic carbocycles. The van der Waals surface area contributed by atoms with Crippen molar-refractivity contribution in [1.29, 1.82) is 0 Å². The quantitative estimate of drug-likeness (QED) is 0.425. The van der Waals surface area contributed by atoms with E-state index in [9.17, 15) is 24.0 Å². The average Bonchev–Trinajstić information content (AvgIpc) is 2.79. The fourth-order valence-electron chi connectivity index (χ4n) is 3.00. The maximum absolute atomic E-state index is 12.7. The second-order valence-corrected chi connectivity index (χ2v) is 9.01. The normalized spacial score (nSPS) is 10.8. The van der Waals surface area contributed by atoms with Gasteiger partial charge in [0.15, 0.2) is 0 Å². The third kappa shape index (κ3) is 10.4. The fourth-order valence-corrected chi connectivity index (χ4v) is 3.00. The molecule has 200 valence electrons. The Morgan fingerprint density at radius 1 is 1.11 bits per heavy atom. The van der Waals surface area contributed by atoms with Crippen molar-refractivity contribution in [1.82, 2.24) is 19.8 Å². The van der Waals surface area contributed by atoms with Gasteiger partial charge in [-0.1, -0.05) is 30.3 Å². The highest BCUT2D eigenvalue weighted by Crippen LogP contribution is 2.10. The fraction of sp³-hybridized carbons (Fsp3) is 0.417. The molecule has 3 amide bonds. The number of aryl methyl sites for hydroxylation is 1. The summed E-state index contributed by atoms with van der Waals surface area (Å²) >= 11 is 0. The van der Waals surface area contributed by atoms with Crippen molar-refractivity contribution in [3.05, 3.63) is 58.1 Å². The minimum Gasteiger partial charge on any atom is -0.480 e. The van der Waals surface area contributed by atoms with Crippen LogP contribution in [0.15, 0.2) is 41.3 Å². The molecule has 0 radical (unpaired) electrons. The lowest BCUT2D eigenvalue weighted by Crippen LogP contribution is -2.44. The smallest absolute Gasteiger partial charge is 0.413 e. The van der Waals surface area contributed by atoms with Crippen LogP contribution >= 0.6 is 0 Å². The van der Waals surface area contributed by atoms with Crippen molar-refractivity contribution >= 4 is 29.9 Å². The first-order valence-electron chi connectivity index (χ1n) is 11.4. The van der Waals surface area contributed by atoms with E-state index in [1.54, 1.807) is 52.0 Å². The van der Waals surface area contributed by atoms with Crippen molar-refractivity contribution in [3.8, 4) is 0 Å². The van der Waals surface area contributed by atoms with Gasteiger partial charge in [-0.25, -0.2) is 14.4 Å². The summed E-state index contributed by atoms with van der Waals surface area (Å²) < 4.78 is 11.2. The number of alkyl carbamates (subject to hydrolysis) is 1. The topological polar surface area (TPSA) is 169 Å². The average molecular weight is 518 g/mol. The summed E-state index contributed by atoms with van der Waals surface area (Å²) in [5.74, 6) is -1.98. The predicted molar refractivity (Wildman–Crippen MR) is 132 cm³/mol. The SMILES string of the molecule is Cc1cn(CC(=O)N(CCNC(=O)OC(C)(C)C)CC(=O)O)c(=O)nc1NC(=O)OCc1ccccc1. The summed E-state index contributed by atoms with van der Waals surface area (Å²) in [5.41, 5.74) is -0.393. The van der Waals surface area contributed by atoms with E-state index in [2.05, 4.69) is 15.6 Å². The van der Waals surface area contributed by atoms with E-state index in [0.29, 0.717) is 5.56 Å². The van der Waals surface area contributed by atoms with Crippen LogP contribution in [0, 0.1) is 6.92 Å². The molecular formula is C24H31N5O8. The molecule has 0 aliphatic rings. The standard InChI is InChI=1S/C24H31N5O8/c1-16-12-29(21(33)26-20(16)27-23(35)36-15-17-8-6-5-7-9-17)13-18(30)28(14-19(31)32)11-10-25-22(34)37-24(2,3)4/h5-9,12H,10-11,13-15H2,1-4H3,(H,25,34)(H,31,32)(H,26,27,33,35). The summed E-state index contributed by atoms with van der Waals surface area (Å²) in [7, 11) is 0. The van der Waals surface area contributed by atoms with Crippen molar-refractivity contribution in [2.24, 2.45) is 0 Å². The highest BCUT2D eigenvalue weighted by molar-refractivity contribution is 5.84. The molecule has 1 aromatic heterocycles. The summed E-state index contributed by atoms with van der Waals surface area (Å²) in [4.78, 5) is 65.1. The summed E-state index contributed by atoms with van der Waals surface area (Å²) in [6.07, 6.45) is -0.202. The number of aliphatic carboxylic acids is 1. The molecule has 0 aliphatic heterocycles. The molecule has 2 rings (SSSR count).